The highest BCUT2D eigenvalue weighted by molar-refractivity contribution is 7.17. The van der Waals surface area contributed by atoms with Crippen molar-refractivity contribution in [1.82, 2.24) is 19.6 Å². The van der Waals surface area contributed by atoms with Gasteiger partial charge in [-0.1, -0.05) is 0 Å². The molecule has 3 aromatic heterocycles. The molecular weight excluding hydrogens is 348 g/mol. The van der Waals surface area contributed by atoms with Crippen LogP contribution in [0.25, 0.3) is 15.9 Å². The maximum atomic E-state index is 12.4. The molecule has 0 saturated carbocycles. The molecule has 4 rings (SSSR count). The van der Waals surface area contributed by atoms with Crippen molar-refractivity contribution in [2.24, 2.45) is 0 Å². The van der Waals surface area contributed by atoms with Gasteiger partial charge < -0.3 is 11.1 Å². The summed E-state index contributed by atoms with van der Waals surface area (Å²) in [5, 5.41) is 10.3. The summed E-state index contributed by atoms with van der Waals surface area (Å²) in [6.07, 6.45) is 0.938. The molecule has 0 aliphatic rings. The van der Waals surface area contributed by atoms with Crippen molar-refractivity contribution in [3.63, 3.8) is 0 Å². The Balaban J connectivity index is 1.49. The van der Waals surface area contributed by atoms with E-state index in [0.717, 1.165) is 28.0 Å². The zero-order valence-corrected chi connectivity index (χ0v) is 15.3. The number of nitrogens with one attached hydrogen (secondary N) is 1. The zero-order valence-electron chi connectivity index (χ0n) is 14.5. The monoisotopic (exact) mass is 366 g/mol. The second-order valence-electron chi connectivity index (χ2n) is 6.16. The van der Waals surface area contributed by atoms with Gasteiger partial charge in [-0.05, 0) is 60.9 Å². The summed E-state index contributed by atoms with van der Waals surface area (Å²) in [7, 11) is 0. The Morgan fingerprint density at radius 3 is 2.96 bits per heavy atom. The van der Waals surface area contributed by atoms with E-state index in [1.165, 1.54) is 4.70 Å². The van der Waals surface area contributed by atoms with Crippen molar-refractivity contribution in [3.8, 4) is 0 Å². The summed E-state index contributed by atoms with van der Waals surface area (Å²) < 4.78 is 2.83. The largest absolute Gasteiger partial charge is 0.366 e. The number of rotatable bonds is 4. The van der Waals surface area contributed by atoms with E-state index < -0.39 is 0 Å². The van der Waals surface area contributed by atoms with Crippen LogP contribution in [0.2, 0.25) is 0 Å². The Morgan fingerprint density at radius 1 is 1.27 bits per heavy atom. The van der Waals surface area contributed by atoms with Crippen LogP contribution in [-0.2, 0) is 11.2 Å². The van der Waals surface area contributed by atoms with Gasteiger partial charge in [-0.25, -0.2) is 4.98 Å². The predicted molar refractivity (Wildman–Crippen MR) is 103 cm³/mol. The summed E-state index contributed by atoms with van der Waals surface area (Å²) in [4.78, 5) is 20.9. The molecule has 0 atom stereocenters. The number of benzene rings is 1. The number of hydrogen-bond donors (Lipinski definition) is 2. The first-order chi connectivity index (χ1) is 12.5. The number of aryl methyl sites for hydroxylation is 2. The number of nitrogen functional groups attached to an aromatic ring is 1. The molecule has 7 nitrogen and oxygen atoms in total. The standard InChI is InChI=1S/C18H18N6OS/c1-10-14(11(2)24-18(20-10)22-17(19)23-24)4-6-16(25)21-13-3-5-15-12(9-13)7-8-26-15/h3,5,7-9H,4,6H2,1-2H3,(H2,19,23)(H,21,25). The van der Waals surface area contributed by atoms with Gasteiger partial charge in [0.25, 0.3) is 5.78 Å². The van der Waals surface area contributed by atoms with Crippen molar-refractivity contribution >= 4 is 44.7 Å². The third kappa shape index (κ3) is 2.99. The van der Waals surface area contributed by atoms with E-state index in [4.69, 9.17) is 5.73 Å². The number of anilines is 2. The lowest BCUT2D eigenvalue weighted by molar-refractivity contribution is -0.116. The van der Waals surface area contributed by atoms with Crippen LogP contribution in [-0.4, -0.2) is 25.5 Å². The van der Waals surface area contributed by atoms with Crippen LogP contribution < -0.4 is 11.1 Å². The first kappa shape index (κ1) is 16.5. The van der Waals surface area contributed by atoms with Crippen LogP contribution in [0.15, 0.2) is 29.6 Å². The topological polar surface area (TPSA) is 98.2 Å². The van der Waals surface area contributed by atoms with E-state index in [2.05, 4.69) is 20.4 Å². The molecule has 0 aliphatic carbocycles. The molecule has 1 aromatic carbocycles. The van der Waals surface area contributed by atoms with E-state index in [1.54, 1.807) is 15.9 Å². The van der Waals surface area contributed by atoms with Crippen LogP contribution in [0.4, 0.5) is 11.6 Å². The van der Waals surface area contributed by atoms with Gasteiger partial charge in [-0.3, -0.25) is 4.79 Å². The van der Waals surface area contributed by atoms with E-state index in [0.29, 0.717) is 18.6 Å². The normalized spacial score (nSPS) is 11.3. The van der Waals surface area contributed by atoms with Gasteiger partial charge in [0, 0.05) is 28.2 Å². The number of carbonyl (C=O) groups excluding carboxylic acids is 1. The van der Waals surface area contributed by atoms with Crippen molar-refractivity contribution in [2.75, 3.05) is 11.1 Å². The van der Waals surface area contributed by atoms with Gasteiger partial charge in [0.2, 0.25) is 11.9 Å². The average molecular weight is 366 g/mol. The van der Waals surface area contributed by atoms with Gasteiger partial charge in [0.15, 0.2) is 0 Å². The minimum Gasteiger partial charge on any atom is -0.366 e. The molecule has 0 aliphatic heterocycles. The fraction of sp³-hybridized carbons (Fsp3) is 0.222. The molecule has 3 heterocycles. The molecule has 0 radical (unpaired) electrons. The van der Waals surface area contributed by atoms with E-state index in [9.17, 15) is 4.79 Å². The van der Waals surface area contributed by atoms with Crippen LogP contribution in [0, 0.1) is 13.8 Å². The fourth-order valence-electron chi connectivity index (χ4n) is 3.09. The summed E-state index contributed by atoms with van der Waals surface area (Å²) in [6.45, 7) is 3.85. The van der Waals surface area contributed by atoms with Gasteiger partial charge in [0.05, 0.1) is 0 Å². The smallest absolute Gasteiger partial charge is 0.254 e. The lowest BCUT2D eigenvalue weighted by atomic mass is 10.1. The number of carbonyl (C=O) groups is 1. The number of fused-ring (bicyclic) bond motifs is 2. The van der Waals surface area contributed by atoms with Gasteiger partial charge in [-0.15, -0.1) is 16.4 Å². The third-order valence-corrected chi connectivity index (χ3v) is 5.30. The second kappa shape index (κ2) is 6.38. The molecule has 0 unspecified atom stereocenters. The first-order valence-electron chi connectivity index (χ1n) is 8.27. The molecule has 0 fully saturated rings. The summed E-state index contributed by atoms with van der Waals surface area (Å²) in [5.41, 5.74) is 9.21. The third-order valence-electron chi connectivity index (χ3n) is 4.40. The fourth-order valence-corrected chi connectivity index (χ4v) is 3.86. The minimum absolute atomic E-state index is 0.0309. The van der Waals surface area contributed by atoms with E-state index in [-0.39, 0.29) is 11.9 Å². The number of hydrogen-bond acceptors (Lipinski definition) is 6. The Hall–Kier alpha value is -3.00. The van der Waals surface area contributed by atoms with Crippen molar-refractivity contribution in [1.29, 1.82) is 0 Å². The summed E-state index contributed by atoms with van der Waals surface area (Å²) in [5.74, 6) is 0.644. The SMILES string of the molecule is Cc1nc2nc(N)nn2c(C)c1CCC(=O)Nc1ccc2sccc2c1. The highest BCUT2D eigenvalue weighted by Crippen LogP contribution is 2.24. The first-order valence-corrected chi connectivity index (χ1v) is 9.14. The molecule has 0 saturated heterocycles. The maximum Gasteiger partial charge on any atom is 0.254 e. The maximum absolute atomic E-state index is 12.4. The molecule has 26 heavy (non-hydrogen) atoms. The molecular formula is C18H18N6OS. The van der Waals surface area contributed by atoms with Gasteiger partial charge >= 0.3 is 0 Å². The Labute approximate surface area is 153 Å². The second-order valence-corrected chi connectivity index (χ2v) is 7.11. The predicted octanol–water partition coefficient (Wildman–Crippen LogP) is 3.11. The van der Waals surface area contributed by atoms with Crippen molar-refractivity contribution in [2.45, 2.75) is 26.7 Å². The van der Waals surface area contributed by atoms with Crippen LogP contribution in [0.3, 0.4) is 0 Å². The van der Waals surface area contributed by atoms with Crippen LogP contribution >= 0.6 is 11.3 Å². The number of nitrogens with zero attached hydrogens (tertiary/aromatic N) is 4. The molecule has 0 bridgehead atoms. The van der Waals surface area contributed by atoms with Crippen LogP contribution in [0.5, 0.6) is 0 Å². The lowest BCUT2D eigenvalue weighted by Gasteiger charge is -2.10. The number of amides is 1. The molecule has 8 heteroatoms. The van der Waals surface area contributed by atoms with Crippen molar-refractivity contribution in [3.05, 3.63) is 46.6 Å². The number of aromatic nitrogens is 4. The molecule has 0 spiro atoms. The Bertz CT molecular complexity index is 1130. The Morgan fingerprint density at radius 2 is 2.12 bits per heavy atom. The molecule has 3 N–H and O–H groups in total. The van der Waals surface area contributed by atoms with Crippen LogP contribution in [0.1, 0.15) is 23.4 Å². The zero-order chi connectivity index (χ0) is 18.3. The lowest BCUT2D eigenvalue weighted by Crippen LogP contribution is -2.14. The quantitative estimate of drug-likeness (QED) is 0.578. The molecule has 132 valence electrons. The average Bonchev–Trinajstić information content (AvgIpc) is 3.20. The highest BCUT2D eigenvalue weighted by atomic mass is 32.1. The molecule has 1 amide bonds. The van der Waals surface area contributed by atoms with Crippen molar-refractivity contribution < 1.29 is 4.79 Å². The number of nitrogens with two attached hydrogens (primary N) is 1. The Kier molecular flexibility index (Phi) is 4.04. The number of thiophene rings is 1. The van der Waals surface area contributed by atoms with E-state index in [1.807, 2.05) is 43.5 Å². The minimum atomic E-state index is -0.0309. The van der Waals surface area contributed by atoms with Gasteiger partial charge in [0.1, 0.15) is 0 Å². The van der Waals surface area contributed by atoms with Gasteiger partial charge in [-0.2, -0.15) is 9.50 Å². The summed E-state index contributed by atoms with van der Waals surface area (Å²) in [6, 6.07) is 8.00. The summed E-state index contributed by atoms with van der Waals surface area (Å²) >= 11 is 1.69. The highest BCUT2D eigenvalue weighted by Gasteiger charge is 2.14. The molecule has 4 aromatic rings. The van der Waals surface area contributed by atoms with E-state index >= 15 is 0 Å².